The SMILES string of the molecule is [2H]C([2H])([2H])c1cc2c3c(c1)N(c1cc4c(cc1C)C(C)(C)CCC4(C)C)c1cc4c(cc1B3c1ccc(N(c3ccccc3)c3ccccc3)cc1N2c1ccc2c(c1)C(C)(C)c1cc(C(C)(C)C)ccc1-2)C(C)(C)CC4(C)C. The molecule has 0 spiro atoms. The molecule has 8 aromatic carbocycles. The van der Waals surface area contributed by atoms with Gasteiger partial charge in [0.15, 0.2) is 0 Å². The van der Waals surface area contributed by atoms with Crippen molar-refractivity contribution in [3.8, 4) is 11.1 Å². The third-order valence-electron chi connectivity index (χ3n) is 19.0. The molecule has 3 nitrogen and oxygen atoms in total. The Kier molecular flexibility index (Phi) is 9.64. The number of rotatable bonds is 5. The van der Waals surface area contributed by atoms with E-state index in [-0.39, 0.29) is 39.2 Å². The number of nitrogens with zero attached hydrogens (tertiary/aromatic N) is 3. The van der Waals surface area contributed by atoms with Gasteiger partial charge in [-0.25, -0.2) is 0 Å². The fraction of sp³-hybridized carbons (Fsp3) is 0.333. The zero-order valence-electron chi connectivity index (χ0n) is 50.5. The highest BCUT2D eigenvalue weighted by molar-refractivity contribution is 7.00. The van der Waals surface area contributed by atoms with Crippen LogP contribution in [0.5, 0.6) is 0 Å². The second-order valence-corrected chi connectivity index (χ2v) is 27.5. The van der Waals surface area contributed by atoms with E-state index in [0.717, 1.165) is 75.9 Å². The van der Waals surface area contributed by atoms with Crippen LogP contribution in [0.2, 0.25) is 0 Å². The fourth-order valence-electron chi connectivity index (χ4n) is 15.0. The van der Waals surface area contributed by atoms with E-state index in [9.17, 15) is 4.11 Å². The van der Waals surface area contributed by atoms with Crippen LogP contribution in [0.3, 0.4) is 0 Å². The Morgan fingerprint density at radius 1 is 0.474 bits per heavy atom. The standard InChI is InChI=1S/C72H76BN3/c1-44-34-64-66-65(35-44)76(61-41-57-55(36-45(61)2)68(6,7)32-33-69(57,8)9)63-42-58-56(70(10,11)43-71(58,12)13)40-60(63)73(66)59-31-28-50(74(47-22-18-16-19-23-47)48-24-20-17-21-25-48)39-62(59)75(64)49-27-30-52-51-29-26-46(67(3,4)5)37-53(51)72(14,15)54(52)38-49/h16-31,34-42H,32-33,43H2,1-15H3/i1D3. The number of para-hydroxylation sites is 2. The van der Waals surface area contributed by atoms with Crippen molar-refractivity contribution < 1.29 is 4.11 Å². The molecule has 0 radical (unpaired) electrons. The number of fused-ring (bicyclic) bond motifs is 9. The lowest BCUT2D eigenvalue weighted by molar-refractivity contribution is 0.332. The summed E-state index contributed by atoms with van der Waals surface area (Å²) in [5, 5.41) is 0. The van der Waals surface area contributed by atoms with Crippen LogP contribution in [0.1, 0.15) is 163 Å². The summed E-state index contributed by atoms with van der Waals surface area (Å²) >= 11 is 0. The molecule has 0 atom stereocenters. The van der Waals surface area contributed by atoms with Crippen LogP contribution in [-0.2, 0) is 32.5 Å². The van der Waals surface area contributed by atoms with E-state index in [1.807, 2.05) is 12.1 Å². The normalized spacial score (nSPS) is 19.0. The molecule has 2 heterocycles. The molecule has 8 aromatic rings. The number of hydrogen-bond acceptors (Lipinski definition) is 3. The molecule has 0 saturated carbocycles. The minimum atomic E-state index is -2.41. The van der Waals surface area contributed by atoms with Gasteiger partial charge in [-0.05, 0) is 210 Å². The third kappa shape index (κ3) is 7.14. The molecule has 382 valence electrons. The van der Waals surface area contributed by atoms with Crippen molar-refractivity contribution in [2.75, 3.05) is 14.7 Å². The molecule has 0 bridgehead atoms. The first-order chi connectivity index (χ1) is 37.1. The first-order valence-corrected chi connectivity index (χ1v) is 28.0. The van der Waals surface area contributed by atoms with Crippen LogP contribution in [0.15, 0.2) is 152 Å². The Bertz CT molecular complexity index is 3820. The summed E-state index contributed by atoms with van der Waals surface area (Å²) in [6.07, 6.45) is 3.25. The predicted molar refractivity (Wildman–Crippen MR) is 327 cm³/mol. The molecular formula is C72H76BN3. The highest BCUT2D eigenvalue weighted by Gasteiger charge is 2.49. The Morgan fingerprint density at radius 3 is 1.63 bits per heavy atom. The summed E-state index contributed by atoms with van der Waals surface area (Å²) in [6.45, 7) is 30.6. The average molecular weight is 997 g/mol. The highest BCUT2D eigenvalue weighted by atomic mass is 15.2. The lowest BCUT2D eigenvalue weighted by Crippen LogP contribution is -2.61. The Morgan fingerprint density at radius 2 is 1.01 bits per heavy atom. The molecule has 76 heavy (non-hydrogen) atoms. The van der Waals surface area contributed by atoms with Crippen molar-refractivity contribution in [2.45, 2.75) is 156 Å². The summed E-state index contributed by atoms with van der Waals surface area (Å²) in [6, 6.07) is 56.7. The number of anilines is 9. The van der Waals surface area contributed by atoms with E-state index >= 15 is 0 Å². The van der Waals surface area contributed by atoms with Crippen molar-refractivity contribution >= 4 is 74.3 Å². The number of hydrogen-bond donors (Lipinski definition) is 0. The lowest BCUT2D eigenvalue weighted by Gasteiger charge is -2.47. The van der Waals surface area contributed by atoms with Crippen LogP contribution < -0.4 is 31.1 Å². The van der Waals surface area contributed by atoms with Crippen molar-refractivity contribution in [1.82, 2.24) is 0 Å². The van der Waals surface area contributed by atoms with E-state index in [1.54, 1.807) is 0 Å². The van der Waals surface area contributed by atoms with E-state index in [2.05, 4.69) is 251 Å². The first kappa shape index (κ1) is 45.4. The summed E-state index contributed by atoms with van der Waals surface area (Å²) in [7, 11) is 0. The maximum atomic E-state index is 9.38. The Labute approximate surface area is 459 Å². The molecule has 13 rings (SSSR count). The summed E-state index contributed by atoms with van der Waals surface area (Å²) in [5.41, 5.74) is 26.0. The largest absolute Gasteiger partial charge is 0.311 e. The summed E-state index contributed by atoms with van der Waals surface area (Å²) < 4.78 is 28.1. The second kappa shape index (κ2) is 16.1. The molecule has 5 aliphatic rings. The van der Waals surface area contributed by atoms with Crippen molar-refractivity contribution in [3.05, 3.63) is 202 Å². The van der Waals surface area contributed by atoms with Gasteiger partial charge in [0.2, 0.25) is 0 Å². The number of aryl methyl sites for hydroxylation is 2. The van der Waals surface area contributed by atoms with Crippen molar-refractivity contribution in [2.24, 2.45) is 0 Å². The minimum Gasteiger partial charge on any atom is -0.311 e. The minimum absolute atomic E-state index is 0.0000353. The van der Waals surface area contributed by atoms with Gasteiger partial charge in [0.1, 0.15) is 0 Å². The van der Waals surface area contributed by atoms with Crippen molar-refractivity contribution in [1.29, 1.82) is 0 Å². The van der Waals surface area contributed by atoms with Gasteiger partial charge in [0.25, 0.3) is 6.71 Å². The molecule has 0 amide bonds. The maximum Gasteiger partial charge on any atom is 0.252 e. The molecule has 0 aromatic heterocycles. The van der Waals surface area contributed by atoms with Gasteiger partial charge in [-0.3, -0.25) is 0 Å². The fourth-order valence-corrected chi connectivity index (χ4v) is 15.0. The summed E-state index contributed by atoms with van der Waals surface area (Å²) in [4.78, 5) is 7.30. The smallest absolute Gasteiger partial charge is 0.252 e. The second-order valence-electron chi connectivity index (χ2n) is 27.5. The van der Waals surface area contributed by atoms with Gasteiger partial charge < -0.3 is 14.7 Å². The number of benzene rings is 8. The zero-order valence-corrected chi connectivity index (χ0v) is 47.5. The van der Waals surface area contributed by atoms with E-state index in [0.29, 0.717) is 5.56 Å². The van der Waals surface area contributed by atoms with Crippen LogP contribution in [0.4, 0.5) is 51.2 Å². The Hall–Kier alpha value is -6.78. The average Bonchev–Trinajstić information content (AvgIpc) is 3.01. The van der Waals surface area contributed by atoms with Gasteiger partial charge in [-0.15, -0.1) is 0 Å². The Balaban J connectivity index is 1.14. The van der Waals surface area contributed by atoms with Crippen molar-refractivity contribution in [3.63, 3.8) is 0 Å². The molecule has 0 N–H and O–H groups in total. The topological polar surface area (TPSA) is 9.72 Å². The zero-order chi connectivity index (χ0) is 55.9. The molecule has 3 aliphatic carbocycles. The molecule has 4 heteroatoms. The molecule has 0 saturated heterocycles. The van der Waals surface area contributed by atoms with E-state index < -0.39 is 6.85 Å². The van der Waals surface area contributed by atoms with Gasteiger partial charge >= 0.3 is 0 Å². The van der Waals surface area contributed by atoms with Gasteiger partial charge in [0.05, 0.1) is 0 Å². The van der Waals surface area contributed by atoms with Crippen LogP contribution in [0.25, 0.3) is 11.1 Å². The van der Waals surface area contributed by atoms with Crippen LogP contribution in [-0.4, -0.2) is 6.71 Å². The lowest BCUT2D eigenvalue weighted by atomic mass is 9.33. The highest BCUT2D eigenvalue weighted by Crippen LogP contribution is 2.56. The molecular weight excluding hydrogens is 918 g/mol. The van der Waals surface area contributed by atoms with Gasteiger partial charge in [-0.1, -0.05) is 169 Å². The first-order valence-electron chi connectivity index (χ1n) is 29.5. The molecule has 0 fully saturated rings. The predicted octanol–water partition coefficient (Wildman–Crippen LogP) is 17.8. The van der Waals surface area contributed by atoms with Gasteiger partial charge in [-0.2, -0.15) is 0 Å². The molecule has 0 unspecified atom stereocenters. The van der Waals surface area contributed by atoms with Gasteiger partial charge in [0, 0.05) is 60.7 Å². The molecule has 2 aliphatic heterocycles. The third-order valence-corrected chi connectivity index (χ3v) is 19.0. The monoisotopic (exact) mass is 997 g/mol. The van der Waals surface area contributed by atoms with Crippen LogP contribution >= 0.6 is 0 Å². The maximum absolute atomic E-state index is 9.38. The summed E-state index contributed by atoms with van der Waals surface area (Å²) in [5.74, 6) is 0. The van der Waals surface area contributed by atoms with E-state index in [4.69, 9.17) is 0 Å². The quantitative estimate of drug-likeness (QED) is 0.159. The van der Waals surface area contributed by atoms with E-state index in [1.165, 1.54) is 66.6 Å². The van der Waals surface area contributed by atoms with Crippen LogP contribution in [0, 0.1) is 13.8 Å².